The van der Waals surface area contributed by atoms with Gasteiger partial charge in [0.1, 0.15) is 5.69 Å². The lowest BCUT2D eigenvalue weighted by molar-refractivity contribution is 0.0930. The normalized spacial score (nSPS) is 11.8. The Labute approximate surface area is 176 Å². The summed E-state index contributed by atoms with van der Waals surface area (Å²) in [6.07, 6.45) is 7.28. The molecule has 0 unspecified atom stereocenters. The number of carbonyl (C=O) groups excluding carboxylic acids is 1. The fraction of sp³-hybridized carbons (Fsp3) is 0.160. The molecule has 3 aromatic heterocycles. The second-order valence-corrected chi connectivity index (χ2v) is 7.41. The molecule has 0 aliphatic rings. The summed E-state index contributed by atoms with van der Waals surface area (Å²) in [5, 5.41) is 3.08. The van der Waals surface area contributed by atoms with E-state index >= 15 is 0 Å². The molecular formula is C25H24N4O. The van der Waals surface area contributed by atoms with Crippen molar-refractivity contribution >= 4 is 5.91 Å². The first-order valence-electron chi connectivity index (χ1n) is 9.98. The molecule has 0 bridgehead atoms. The van der Waals surface area contributed by atoms with Crippen molar-refractivity contribution in [1.82, 2.24) is 19.9 Å². The topological polar surface area (TPSA) is 59.8 Å². The van der Waals surface area contributed by atoms with Crippen LogP contribution in [0.15, 0.2) is 85.5 Å². The van der Waals surface area contributed by atoms with Crippen molar-refractivity contribution in [2.75, 3.05) is 0 Å². The van der Waals surface area contributed by atoms with Gasteiger partial charge in [0.2, 0.25) is 0 Å². The average molecular weight is 396 g/mol. The first-order chi connectivity index (χ1) is 14.6. The first-order valence-corrected chi connectivity index (χ1v) is 9.98. The quantitative estimate of drug-likeness (QED) is 0.510. The highest BCUT2D eigenvalue weighted by atomic mass is 16.2. The van der Waals surface area contributed by atoms with Gasteiger partial charge >= 0.3 is 0 Å². The molecule has 1 atom stereocenters. The van der Waals surface area contributed by atoms with Crippen molar-refractivity contribution in [3.05, 3.63) is 108 Å². The first kappa shape index (κ1) is 19.6. The average Bonchev–Trinajstić information content (AvgIpc) is 3.20. The van der Waals surface area contributed by atoms with Crippen LogP contribution in [0.4, 0.5) is 0 Å². The molecule has 150 valence electrons. The van der Waals surface area contributed by atoms with Crippen molar-refractivity contribution < 1.29 is 4.79 Å². The van der Waals surface area contributed by atoms with Crippen molar-refractivity contribution in [1.29, 1.82) is 0 Å². The zero-order valence-electron chi connectivity index (χ0n) is 17.1. The van der Waals surface area contributed by atoms with Crippen LogP contribution in [0.25, 0.3) is 11.1 Å². The molecule has 0 aliphatic carbocycles. The third-order valence-corrected chi connectivity index (χ3v) is 5.10. The van der Waals surface area contributed by atoms with Crippen LogP contribution in [0.1, 0.15) is 40.3 Å². The van der Waals surface area contributed by atoms with E-state index in [-0.39, 0.29) is 11.9 Å². The summed E-state index contributed by atoms with van der Waals surface area (Å²) < 4.78 is 2.00. The van der Waals surface area contributed by atoms with Gasteiger partial charge in [-0.1, -0.05) is 35.9 Å². The van der Waals surface area contributed by atoms with Gasteiger partial charge in [-0.2, -0.15) is 0 Å². The maximum Gasteiger partial charge on any atom is 0.268 e. The maximum absolute atomic E-state index is 13.2. The fourth-order valence-corrected chi connectivity index (χ4v) is 3.40. The molecule has 5 nitrogen and oxygen atoms in total. The number of aromatic nitrogens is 3. The monoisotopic (exact) mass is 396 g/mol. The van der Waals surface area contributed by atoms with Crippen LogP contribution in [0.5, 0.6) is 0 Å². The molecule has 1 aromatic carbocycles. The summed E-state index contributed by atoms with van der Waals surface area (Å²) in [6, 6.07) is 19.7. The standard InChI is InChI=1S/C25H24N4O/c1-18-6-8-20(9-7-18)16-29-17-22(21-10-13-26-14-11-21)15-24(29)25(30)28-19(2)23-5-3-4-12-27-23/h3-15,17,19H,16H2,1-2H3,(H,28,30)/t19-/m1/s1. The lowest BCUT2D eigenvalue weighted by Crippen LogP contribution is -2.29. The van der Waals surface area contributed by atoms with Gasteiger partial charge in [0.25, 0.3) is 5.91 Å². The highest BCUT2D eigenvalue weighted by molar-refractivity contribution is 5.94. The Bertz CT molecular complexity index is 1120. The second-order valence-electron chi connectivity index (χ2n) is 7.41. The predicted molar refractivity (Wildman–Crippen MR) is 118 cm³/mol. The summed E-state index contributed by atoms with van der Waals surface area (Å²) in [7, 11) is 0. The number of amides is 1. The molecule has 4 aromatic rings. The van der Waals surface area contributed by atoms with E-state index in [9.17, 15) is 4.79 Å². The summed E-state index contributed by atoms with van der Waals surface area (Å²) in [4.78, 5) is 21.6. The van der Waals surface area contributed by atoms with Gasteiger partial charge in [-0.05, 0) is 55.3 Å². The lowest BCUT2D eigenvalue weighted by Gasteiger charge is -2.15. The number of hydrogen-bond donors (Lipinski definition) is 1. The van der Waals surface area contributed by atoms with Crippen LogP contribution >= 0.6 is 0 Å². The molecule has 30 heavy (non-hydrogen) atoms. The minimum absolute atomic E-state index is 0.124. The molecule has 0 aliphatic heterocycles. The van der Waals surface area contributed by atoms with Crippen LogP contribution in [0.3, 0.4) is 0 Å². The number of rotatable bonds is 6. The third kappa shape index (κ3) is 4.46. The van der Waals surface area contributed by atoms with E-state index in [1.165, 1.54) is 5.56 Å². The molecule has 0 spiro atoms. The van der Waals surface area contributed by atoms with E-state index in [0.29, 0.717) is 12.2 Å². The van der Waals surface area contributed by atoms with E-state index in [1.807, 2.05) is 54.1 Å². The number of carbonyl (C=O) groups is 1. The van der Waals surface area contributed by atoms with Crippen molar-refractivity contribution in [2.45, 2.75) is 26.4 Å². The number of pyridine rings is 2. The highest BCUT2D eigenvalue weighted by Gasteiger charge is 2.18. The molecule has 0 radical (unpaired) electrons. The molecule has 0 saturated heterocycles. The SMILES string of the molecule is Cc1ccc(Cn2cc(-c3ccncc3)cc2C(=O)N[C@H](C)c2ccccn2)cc1. The van der Waals surface area contributed by atoms with Gasteiger partial charge in [0, 0.05) is 36.9 Å². The Hall–Kier alpha value is -3.73. The number of benzene rings is 1. The van der Waals surface area contributed by atoms with Gasteiger partial charge in [-0.3, -0.25) is 14.8 Å². The Morgan fingerprint density at radius 3 is 2.47 bits per heavy atom. The number of nitrogens with zero attached hydrogens (tertiary/aromatic N) is 3. The zero-order chi connectivity index (χ0) is 20.9. The Kier molecular flexibility index (Phi) is 5.70. The minimum atomic E-state index is -0.189. The van der Waals surface area contributed by atoms with Crippen LogP contribution < -0.4 is 5.32 Å². The smallest absolute Gasteiger partial charge is 0.268 e. The summed E-state index contributed by atoms with van der Waals surface area (Å²) in [5.74, 6) is -0.124. The van der Waals surface area contributed by atoms with Crippen LogP contribution in [-0.4, -0.2) is 20.4 Å². The summed E-state index contributed by atoms with van der Waals surface area (Å²) in [6.45, 7) is 4.63. The van der Waals surface area contributed by atoms with Gasteiger partial charge in [0.15, 0.2) is 0 Å². The van der Waals surface area contributed by atoms with E-state index < -0.39 is 0 Å². The molecule has 0 saturated carbocycles. The van der Waals surface area contributed by atoms with Gasteiger partial charge in [-0.25, -0.2) is 0 Å². The third-order valence-electron chi connectivity index (χ3n) is 5.10. The van der Waals surface area contributed by atoms with Crippen LogP contribution in [0, 0.1) is 6.92 Å². The number of nitrogens with one attached hydrogen (secondary N) is 1. The van der Waals surface area contributed by atoms with E-state index in [4.69, 9.17) is 0 Å². The molecular weight excluding hydrogens is 372 g/mol. The summed E-state index contributed by atoms with van der Waals surface area (Å²) in [5.41, 5.74) is 5.82. The van der Waals surface area contributed by atoms with Crippen LogP contribution in [-0.2, 0) is 6.54 Å². The van der Waals surface area contributed by atoms with Crippen LogP contribution in [0.2, 0.25) is 0 Å². The van der Waals surface area contributed by atoms with Crippen molar-refractivity contribution in [3.8, 4) is 11.1 Å². The van der Waals surface area contributed by atoms with Crippen molar-refractivity contribution in [2.24, 2.45) is 0 Å². The molecule has 4 rings (SSSR count). The van der Waals surface area contributed by atoms with E-state index in [0.717, 1.165) is 22.4 Å². The Morgan fingerprint density at radius 2 is 1.77 bits per heavy atom. The van der Waals surface area contributed by atoms with Gasteiger partial charge < -0.3 is 9.88 Å². The molecule has 1 N–H and O–H groups in total. The van der Waals surface area contributed by atoms with Gasteiger partial charge in [-0.15, -0.1) is 0 Å². The number of hydrogen-bond acceptors (Lipinski definition) is 3. The van der Waals surface area contributed by atoms with E-state index in [2.05, 4.69) is 46.5 Å². The van der Waals surface area contributed by atoms with Crippen molar-refractivity contribution in [3.63, 3.8) is 0 Å². The predicted octanol–water partition coefficient (Wildman–Crippen LogP) is 4.79. The molecule has 1 amide bonds. The fourth-order valence-electron chi connectivity index (χ4n) is 3.40. The molecule has 0 fully saturated rings. The van der Waals surface area contributed by atoms with Gasteiger partial charge in [0.05, 0.1) is 11.7 Å². The lowest BCUT2D eigenvalue weighted by atomic mass is 10.1. The second kappa shape index (κ2) is 8.74. The maximum atomic E-state index is 13.2. The largest absolute Gasteiger partial charge is 0.343 e. The zero-order valence-corrected chi connectivity index (χ0v) is 17.1. The Balaban J connectivity index is 1.64. The Morgan fingerprint density at radius 1 is 1.00 bits per heavy atom. The number of aryl methyl sites for hydroxylation is 1. The highest BCUT2D eigenvalue weighted by Crippen LogP contribution is 2.23. The summed E-state index contributed by atoms with van der Waals surface area (Å²) >= 11 is 0. The minimum Gasteiger partial charge on any atom is -0.343 e. The molecule has 3 heterocycles. The van der Waals surface area contributed by atoms with E-state index in [1.54, 1.807) is 18.6 Å². The molecule has 5 heteroatoms.